The number of aromatic nitrogens is 5. The number of tetrazole rings is 1. The molecule has 1 N–H and O–H groups in total. The molecule has 0 saturated carbocycles. The molecule has 0 spiro atoms. The van der Waals surface area contributed by atoms with E-state index in [9.17, 15) is 4.39 Å². The first-order valence-corrected chi connectivity index (χ1v) is 9.58. The summed E-state index contributed by atoms with van der Waals surface area (Å²) in [6.07, 6.45) is 0. The zero-order valence-electron chi connectivity index (χ0n) is 13.4. The standard InChI is InChI=1S/C17H13FN6S2/c18-12-5-4-8-15(9-12)24-17(21-22-23-24)26-11-14-10-25-16(20-14)19-13-6-2-1-3-7-13/h1-10H,11H2,(H,19,20). The quantitative estimate of drug-likeness (QED) is 0.500. The van der Waals surface area contributed by atoms with Crippen molar-refractivity contribution in [3.8, 4) is 5.69 Å². The Morgan fingerprint density at radius 2 is 2.00 bits per heavy atom. The summed E-state index contributed by atoms with van der Waals surface area (Å²) < 4.78 is 14.9. The second-order valence-electron chi connectivity index (χ2n) is 5.28. The molecule has 4 rings (SSSR count). The van der Waals surface area contributed by atoms with E-state index >= 15 is 0 Å². The Kier molecular flexibility index (Phi) is 4.89. The van der Waals surface area contributed by atoms with E-state index in [0.29, 0.717) is 16.6 Å². The first-order chi connectivity index (χ1) is 12.8. The van der Waals surface area contributed by atoms with Crippen molar-refractivity contribution in [2.45, 2.75) is 10.9 Å². The lowest BCUT2D eigenvalue weighted by Crippen LogP contribution is -1.99. The number of hydrogen-bond donors (Lipinski definition) is 1. The highest BCUT2D eigenvalue weighted by atomic mass is 32.2. The van der Waals surface area contributed by atoms with Crippen molar-refractivity contribution in [3.05, 3.63) is 71.5 Å². The molecule has 0 amide bonds. The maximum atomic E-state index is 13.4. The molecule has 0 aliphatic carbocycles. The molecule has 0 aliphatic rings. The second-order valence-corrected chi connectivity index (χ2v) is 7.08. The Labute approximate surface area is 157 Å². The van der Waals surface area contributed by atoms with Gasteiger partial charge in [0.2, 0.25) is 5.16 Å². The molecule has 0 unspecified atom stereocenters. The van der Waals surface area contributed by atoms with Crippen LogP contribution in [-0.4, -0.2) is 25.2 Å². The van der Waals surface area contributed by atoms with Gasteiger partial charge in [-0.3, -0.25) is 0 Å². The van der Waals surface area contributed by atoms with Crippen LogP contribution in [0.15, 0.2) is 65.1 Å². The third-order valence-electron chi connectivity index (χ3n) is 3.42. The van der Waals surface area contributed by atoms with Gasteiger partial charge >= 0.3 is 0 Å². The highest BCUT2D eigenvalue weighted by Crippen LogP contribution is 2.26. The third-order valence-corrected chi connectivity index (χ3v) is 5.18. The number of benzene rings is 2. The van der Waals surface area contributed by atoms with E-state index in [1.807, 2.05) is 35.7 Å². The summed E-state index contributed by atoms with van der Waals surface area (Å²) in [5.74, 6) is 0.285. The number of nitrogens with zero attached hydrogens (tertiary/aromatic N) is 5. The van der Waals surface area contributed by atoms with Crippen LogP contribution in [0.25, 0.3) is 5.69 Å². The Morgan fingerprint density at radius 1 is 1.12 bits per heavy atom. The van der Waals surface area contributed by atoms with Crippen LogP contribution in [0, 0.1) is 5.82 Å². The minimum Gasteiger partial charge on any atom is -0.332 e. The topological polar surface area (TPSA) is 68.5 Å². The fraction of sp³-hybridized carbons (Fsp3) is 0.0588. The van der Waals surface area contributed by atoms with Crippen LogP contribution < -0.4 is 5.32 Å². The van der Waals surface area contributed by atoms with Crippen LogP contribution in [-0.2, 0) is 5.75 Å². The van der Waals surface area contributed by atoms with Gasteiger partial charge in [-0.2, -0.15) is 4.68 Å². The van der Waals surface area contributed by atoms with Crippen LogP contribution in [0.1, 0.15) is 5.69 Å². The van der Waals surface area contributed by atoms with E-state index in [1.54, 1.807) is 23.5 Å². The number of halogens is 1. The van der Waals surface area contributed by atoms with E-state index < -0.39 is 0 Å². The molecule has 4 aromatic rings. The normalized spacial score (nSPS) is 10.8. The molecule has 6 nitrogen and oxygen atoms in total. The molecule has 9 heteroatoms. The fourth-order valence-electron chi connectivity index (χ4n) is 2.25. The average Bonchev–Trinajstić information content (AvgIpc) is 3.30. The molecule has 0 atom stereocenters. The molecule has 2 aromatic carbocycles. The van der Waals surface area contributed by atoms with Crippen LogP contribution in [0.2, 0.25) is 0 Å². The van der Waals surface area contributed by atoms with Gasteiger partial charge in [-0.1, -0.05) is 36.0 Å². The zero-order chi connectivity index (χ0) is 17.8. The van der Waals surface area contributed by atoms with Gasteiger partial charge in [0.25, 0.3) is 0 Å². The van der Waals surface area contributed by atoms with Crippen molar-refractivity contribution in [2.24, 2.45) is 0 Å². The van der Waals surface area contributed by atoms with Crippen molar-refractivity contribution >= 4 is 33.9 Å². The molecular formula is C17H13FN6S2. The molecule has 2 aromatic heterocycles. The smallest absolute Gasteiger partial charge is 0.214 e. The maximum Gasteiger partial charge on any atom is 0.214 e. The van der Waals surface area contributed by atoms with E-state index in [4.69, 9.17) is 0 Å². The first kappa shape index (κ1) is 16.7. The predicted molar refractivity (Wildman–Crippen MR) is 101 cm³/mol. The Balaban J connectivity index is 1.43. The number of rotatable bonds is 6. The number of nitrogens with one attached hydrogen (secondary N) is 1. The molecule has 0 saturated heterocycles. The summed E-state index contributed by atoms with van der Waals surface area (Å²) in [5.41, 5.74) is 2.51. The van der Waals surface area contributed by atoms with Crippen molar-refractivity contribution < 1.29 is 4.39 Å². The Morgan fingerprint density at radius 3 is 2.85 bits per heavy atom. The molecular weight excluding hydrogens is 371 g/mol. The van der Waals surface area contributed by atoms with Crippen LogP contribution in [0.3, 0.4) is 0 Å². The van der Waals surface area contributed by atoms with Gasteiger partial charge in [-0.25, -0.2) is 9.37 Å². The predicted octanol–water partition coefficient (Wildman–Crippen LogP) is 4.29. The molecule has 0 bridgehead atoms. The summed E-state index contributed by atoms with van der Waals surface area (Å²) in [6, 6.07) is 16.1. The largest absolute Gasteiger partial charge is 0.332 e. The lowest BCUT2D eigenvalue weighted by molar-refractivity contribution is 0.623. The first-order valence-electron chi connectivity index (χ1n) is 7.71. The number of para-hydroxylation sites is 1. The highest BCUT2D eigenvalue weighted by molar-refractivity contribution is 7.98. The van der Waals surface area contributed by atoms with Crippen molar-refractivity contribution in [2.75, 3.05) is 5.32 Å². The van der Waals surface area contributed by atoms with Crippen molar-refractivity contribution in [1.82, 2.24) is 25.2 Å². The second kappa shape index (κ2) is 7.63. The number of thiazole rings is 1. The molecule has 2 heterocycles. The number of anilines is 2. The Bertz CT molecular complexity index is 1000. The van der Waals surface area contributed by atoms with E-state index in [1.165, 1.54) is 28.6 Å². The van der Waals surface area contributed by atoms with E-state index in [0.717, 1.165) is 16.5 Å². The van der Waals surface area contributed by atoms with Crippen LogP contribution in [0.4, 0.5) is 15.2 Å². The molecule has 0 fully saturated rings. The summed E-state index contributed by atoms with van der Waals surface area (Å²) in [7, 11) is 0. The minimum absolute atomic E-state index is 0.329. The molecule has 0 radical (unpaired) electrons. The number of hydrogen-bond acceptors (Lipinski definition) is 7. The van der Waals surface area contributed by atoms with Gasteiger partial charge in [0.1, 0.15) is 5.82 Å². The molecule has 26 heavy (non-hydrogen) atoms. The van der Waals surface area contributed by atoms with Gasteiger partial charge in [0.05, 0.1) is 11.4 Å². The Hall–Kier alpha value is -2.78. The van der Waals surface area contributed by atoms with Gasteiger partial charge < -0.3 is 5.32 Å². The van der Waals surface area contributed by atoms with E-state index in [-0.39, 0.29) is 5.82 Å². The lowest BCUT2D eigenvalue weighted by Gasteiger charge is -2.03. The fourth-order valence-corrected chi connectivity index (χ4v) is 3.87. The van der Waals surface area contributed by atoms with Crippen LogP contribution >= 0.6 is 23.1 Å². The zero-order valence-corrected chi connectivity index (χ0v) is 15.0. The minimum atomic E-state index is -0.329. The van der Waals surface area contributed by atoms with Gasteiger partial charge in [0, 0.05) is 16.8 Å². The maximum absolute atomic E-state index is 13.4. The summed E-state index contributed by atoms with van der Waals surface area (Å²) in [6.45, 7) is 0. The summed E-state index contributed by atoms with van der Waals surface area (Å²) in [5, 5.41) is 18.3. The van der Waals surface area contributed by atoms with E-state index in [2.05, 4.69) is 25.8 Å². The lowest BCUT2D eigenvalue weighted by atomic mass is 10.3. The highest BCUT2D eigenvalue weighted by Gasteiger charge is 2.11. The third kappa shape index (κ3) is 3.89. The van der Waals surface area contributed by atoms with Crippen LogP contribution in [0.5, 0.6) is 0 Å². The SMILES string of the molecule is Fc1cccc(-n2nnnc2SCc2csc(Nc3ccccc3)n2)c1. The van der Waals surface area contributed by atoms with Gasteiger partial charge in [-0.15, -0.1) is 16.4 Å². The summed E-state index contributed by atoms with van der Waals surface area (Å²) in [4.78, 5) is 4.57. The monoisotopic (exact) mass is 384 g/mol. The van der Waals surface area contributed by atoms with Gasteiger partial charge in [-0.05, 0) is 40.8 Å². The molecule has 130 valence electrons. The average molecular weight is 384 g/mol. The van der Waals surface area contributed by atoms with Crippen molar-refractivity contribution in [3.63, 3.8) is 0 Å². The number of thioether (sulfide) groups is 1. The summed E-state index contributed by atoms with van der Waals surface area (Å²) >= 11 is 2.99. The van der Waals surface area contributed by atoms with Gasteiger partial charge in [0.15, 0.2) is 5.13 Å². The van der Waals surface area contributed by atoms with Crippen molar-refractivity contribution in [1.29, 1.82) is 0 Å². The molecule has 0 aliphatic heterocycles.